The van der Waals surface area contributed by atoms with Gasteiger partial charge in [0.25, 0.3) is 0 Å². The summed E-state index contributed by atoms with van der Waals surface area (Å²) in [5.74, 6) is 0.837. The van der Waals surface area contributed by atoms with Gasteiger partial charge in [-0.3, -0.25) is 9.59 Å². The largest absolute Gasteiger partial charge is 0.496 e. The van der Waals surface area contributed by atoms with E-state index in [1.54, 1.807) is 18.2 Å². The second kappa shape index (κ2) is 11.2. The van der Waals surface area contributed by atoms with E-state index in [-0.39, 0.29) is 39.4 Å². The van der Waals surface area contributed by atoms with Crippen LogP contribution in [0.25, 0.3) is 0 Å². The van der Waals surface area contributed by atoms with Crippen LogP contribution in [0, 0.1) is 0 Å². The summed E-state index contributed by atoms with van der Waals surface area (Å²) in [6, 6.07) is 13.6. The highest BCUT2D eigenvalue weighted by atomic mass is 31.2. The number of ether oxygens (including phenoxy) is 6. The standard InChI is InChI=1S/C26H27O9P/c1-30-16-12-19(32-3)23(20(13-16)33-4)25(27)36(29,18-10-8-7-9-11-18)26(28)24-21(34-5)14-17(31-2)15-22(24)35-6/h7-15H,1-6H3. The minimum atomic E-state index is -4.58. The van der Waals surface area contributed by atoms with Gasteiger partial charge in [-0.1, -0.05) is 30.3 Å². The molecular formula is C26H27O9P. The normalized spacial score (nSPS) is 10.8. The Kier molecular flexibility index (Phi) is 8.27. The van der Waals surface area contributed by atoms with Gasteiger partial charge in [0.15, 0.2) is 0 Å². The minimum Gasteiger partial charge on any atom is -0.496 e. The molecule has 0 fully saturated rings. The molecule has 0 saturated heterocycles. The summed E-state index contributed by atoms with van der Waals surface area (Å²) in [5.41, 5.74) is -2.27. The molecule has 0 heterocycles. The zero-order valence-electron chi connectivity index (χ0n) is 20.8. The second-order valence-electron chi connectivity index (χ2n) is 7.37. The number of rotatable bonds is 11. The summed E-state index contributed by atoms with van der Waals surface area (Å²) in [6.07, 6.45) is 0. The molecule has 0 bridgehead atoms. The van der Waals surface area contributed by atoms with E-state index in [1.165, 1.54) is 79.1 Å². The van der Waals surface area contributed by atoms with Crippen molar-refractivity contribution < 1.29 is 42.6 Å². The van der Waals surface area contributed by atoms with Crippen LogP contribution >= 0.6 is 7.14 Å². The summed E-state index contributed by atoms with van der Waals surface area (Å²) in [4.78, 5) is 28.3. The van der Waals surface area contributed by atoms with Gasteiger partial charge in [-0.15, -0.1) is 0 Å². The van der Waals surface area contributed by atoms with Crippen molar-refractivity contribution in [2.75, 3.05) is 42.7 Å². The lowest BCUT2D eigenvalue weighted by atomic mass is 10.1. The highest BCUT2D eigenvalue weighted by Gasteiger charge is 2.47. The number of hydrogen-bond donors (Lipinski definition) is 0. The highest BCUT2D eigenvalue weighted by Crippen LogP contribution is 2.56. The van der Waals surface area contributed by atoms with E-state index in [0.717, 1.165) is 0 Å². The molecule has 0 aromatic heterocycles. The Morgan fingerprint density at radius 3 is 1.17 bits per heavy atom. The molecule has 0 spiro atoms. The summed E-state index contributed by atoms with van der Waals surface area (Å²) in [7, 11) is 3.67. The van der Waals surface area contributed by atoms with Crippen LogP contribution in [0.4, 0.5) is 0 Å². The van der Waals surface area contributed by atoms with Gasteiger partial charge in [-0.05, 0) is 0 Å². The molecule has 3 aromatic rings. The summed E-state index contributed by atoms with van der Waals surface area (Å²) < 4.78 is 47.0. The third-order valence-corrected chi connectivity index (χ3v) is 8.17. The molecule has 0 radical (unpaired) electrons. The molecule has 0 atom stereocenters. The SMILES string of the molecule is COc1cc(OC)c(C(=O)P(=O)(C(=O)c2c(OC)cc(OC)cc2OC)c2ccccc2)c(OC)c1. The monoisotopic (exact) mass is 514 g/mol. The fourth-order valence-electron chi connectivity index (χ4n) is 3.71. The first-order chi connectivity index (χ1) is 17.3. The summed E-state index contributed by atoms with van der Waals surface area (Å²) >= 11 is 0. The fourth-order valence-corrected chi connectivity index (χ4v) is 6.03. The Morgan fingerprint density at radius 2 is 0.889 bits per heavy atom. The predicted octanol–water partition coefficient (Wildman–Crippen LogP) is 4.41. The van der Waals surface area contributed by atoms with E-state index in [0.29, 0.717) is 11.5 Å². The molecule has 0 aliphatic rings. The van der Waals surface area contributed by atoms with Crippen LogP contribution < -0.4 is 33.7 Å². The molecular weight excluding hydrogens is 487 g/mol. The van der Waals surface area contributed by atoms with Crippen LogP contribution in [0.1, 0.15) is 20.7 Å². The molecule has 10 heteroatoms. The van der Waals surface area contributed by atoms with Gasteiger partial charge < -0.3 is 33.0 Å². The Morgan fingerprint density at radius 1 is 0.556 bits per heavy atom. The molecule has 9 nitrogen and oxygen atoms in total. The molecule has 0 unspecified atom stereocenters. The smallest absolute Gasteiger partial charge is 0.249 e. The first-order valence-corrected chi connectivity index (χ1v) is 12.4. The molecule has 0 N–H and O–H groups in total. The number of benzene rings is 3. The number of carbonyl (C=O) groups excluding carboxylic acids is 2. The van der Waals surface area contributed by atoms with E-state index < -0.39 is 18.2 Å². The van der Waals surface area contributed by atoms with Gasteiger partial charge in [-0.25, -0.2) is 0 Å². The van der Waals surface area contributed by atoms with E-state index in [9.17, 15) is 14.2 Å². The van der Waals surface area contributed by atoms with Crippen LogP contribution in [0.3, 0.4) is 0 Å². The quantitative estimate of drug-likeness (QED) is 0.344. The third kappa shape index (κ3) is 4.62. The van der Waals surface area contributed by atoms with Gasteiger partial charge in [0, 0.05) is 29.6 Å². The highest BCUT2D eigenvalue weighted by molar-refractivity contribution is 8.01. The maximum Gasteiger partial charge on any atom is 0.249 e. The van der Waals surface area contributed by atoms with Gasteiger partial charge in [-0.2, -0.15) is 0 Å². The Balaban J connectivity index is 2.37. The molecule has 0 saturated carbocycles. The lowest BCUT2D eigenvalue weighted by Gasteiger charge is -2.22. The maximum absolute atomic E-state index is 14.8. The second-order valence-corrected chi connectivity index (χ2v) is 9.92. The van der Waals surface area contributed by atoms with Crippen LogP contribution in [0.15, 0.2) is 54.6 Å². The van der Waals surface area contributed by atoms with E-state index in [4.69, 9.17) is 28.4 Å². The van der Waals surface area contributed by atoms with Gasteiger partial charge in [0.05, 0.1) is 42.7 Å². The van der Waals surface area contributed by atoms with Crippen molar-refractivity contribution in [3.63, 3.8) is 0 Å². The Bertz CT molecular complexity index is 1190. The lowest BCUT2D eigenvalue weighted by Crippen LogP contribution is -2.22. The number of hydrogen-bond acceptors (Lipinski definition) is 9. The first-order valence-electron chi connectivity index (χ1n) is 10.7. The first kappa shape index (κ1) is 26.6. The van der Waals surface area contributed by atoms with E-state index in [1.807, 2.05) is 0 Å². The van der Waals surface area contributed by atoms with Crippen molar-refractivity contribution in [1.29, 1.82) is 0 Å². The van der Waals surface area contributed by atoms with Crippen molar-refractivity contribution in [2.24, 2.45) is 0 Å². The zero-order chi connectivity index (χ0) is 26.5. The zero-order valence-corrected chi connectivity index (χ0v) is 21.7. The molecule has 36 heavy (non-hydrogen) atoms. The van der Waals surface area contributed by atoms with Crippen molar-refractivity contribution in [1.82, 2.24) is 0 Å². The maximum atomic E-state index is 14.8. The topological polar surface area (TPSA) is 107 Å². The van der Waals surface area contributed by atoms with Crippen molar-refractivity contribution in [3.8, 4) is 34.5 Å². The van der Waals surface area contributed by atoms with Crippen molar-refractivity contribution in [3.05, 3.63) is 65.7 Å². The van der Waals surface area contributed by atoms with E-state index in [2.05, 4.69) is 0 Å². The minimum absolute atomic E-state index is 0.0276. The van der Waals surface area contributed by atoms with Crippen molar-refractivity contribution >= 4 is 23.5 Å². The number of methoxy groups -OCH3 is 6. The Labute approximate surface area is 209 Å². The van der Waals surface area contributed by atoms with Crippen LogP contribution in [-0.4, -0.2) is 53.7 Å². The molecule has 0 amide bonds. The molecule has 3 aromatic carbocycles. The predicted molar refractivity (Wildman–Crippen MR) is 135 cm³/mol. The fraction of sp³-hybridized carbons (Fsp3) is 0.231. The number of carbonyl (C=O) groups is 2. The van der Waals surface area contributed by atoms with Crippen molar-refractivity contribution in [2.45, 2.75) is 0 Å². The Hall–Kier alpha value is -3.97. The molecule has 0 aliphatic heterocycles. The van der Waals surface area contributed by atoms with Crippen LogP contribution in [0.5, 0.6) is 34.5 Å². The summed E-state index contributed by atoms with van der Waals surface area (Å²) in [5, 5.41) is 0.0276. The van der Waals surface area contributed by atoms with Crippen LogP contribution in [0.2, 0.25) is 0 Å². The third-order valence-electron chi connectivity index (χ3n) is 5.55. The van der Waals surface area contributed by atoms with Gasteiger partial charge >= 0.3 is 0 Å². The average molecular weight is 514 g/mol. The van der Waals surface area contributed by atoms with Gasteiger partial charge in [0.1, 0.15) is 45.6 Å². The molecule has 3 rings (SSSR count). The summed E-state index contributed by atoms with van der Waals surface area (Å²) in [6.45, 7) is 0. The average Bonchev–Trinajstić information content (AvgIpc) is 2.94. The molecule has 0 aliphatic carbocycles. The molecule has 190 valence electrons. The van der Waals surface area contributed by atoms with E-state index >= 15 is 0 Å². The van der Waals surface area contributed by atoms with Gasteiger partial charge in [0.2, 0.25) is 18.2 Å². The lowest BCUT2D eigenvalue weighted by molar-refractivity contribution is 0.103. The van der Waals surface area contributed by atoms with Crippen LogP contribution in [-0.2, 0) is 4.57 Å².